The van der Waals surface area contributed by atoms with Gasteiger partial charge in [-0.15, -0.1) is 22.6 Å². The van der Waals surface area contributed by atoms with Crippen molar-refractivity contribution in [1.82, 2.24) is 24.6 Å². The summed E-state index contributed by atoms with van der Waals surface area (Å²) in [6.07, 6.45) is 2.45. The van der Waals surface area contributed by atoms with Crippen LogP contribution in [0, 0.1) is 11.8 Å². The van der Waals surface area contributed by atoms with Crippen LogP contribution in [0.3, 0.4) is 0 Å². The number of aryl methyl sites for hydroxylation is 1. The number of likely N-dealkylation sites (tertiary alicyclic amines) is 1. The third kappa shape index (κ3) is 7.18. The Balaban J connectivity index is 0.000000264. The normalized spacial score (nSPS) is 18.8. The molecular formula is C25H31ClF3N5O. The first kappa shape index (κ1) is 26.9. The molecule has 1 aliphatic carbocycles. The van der Waals surface area contributed by atoms with Crippen molar-refractivity contribution in [1.29, 1.82) is 0 Å². The molecule has 2 aromatic heterocycles. The van der Waals surface area contributed by atoms with Crippen LogP contribution in [0.2, 0.25) is 0 Å². The van der Waals surface area contributed by atoms with Gasteiger partial charge >= 0.3 is 6.18 Å². The maximum absolute atomic E-state index is 11.8. The average molecular weight is 510 g/mol. The molecule has 3 aromatic rings. The molecule has 3 heterocycles. The number of hydrogen-bond acceptors (Lipinski definition) is 5. The minimum absolute atomic E-state index is 0. The maximum atomic E-state index is 11.8. The van der Waals surface area contributed by atoms with Crippen LogP contribution in [0.4, 0.5) is 13.2 Å². The molecule has 0 amide bonds. The van der Waals surface area contributed by atoms with Gasteiger partial charge in [-0.05, 0) is 43.7 Å². The van der Waals surface area contributed by atoms with Crippen molar-refractivity contribution < 1.29 is 17.9 Å². The van der Waals surface area contributed by atoms with Crippen molar-refractivity contribution in [3.8, 4) is 17.3 Å². The fourth-order valence-electron chi connectivity index (χ4n) is 4.39. The fraction of sp³-hybridized carbons (Fsp3) is 0.480. The van der Waals surface area contributed by atoms with Gasteiger partial charge in [0.2, 0.25) is 5.88 Å². The molecule has 1 aromatic carbocycles. The summed E-state index contributed by atoms with van der Waals surface area (Å²) in [5.41, 5.74) is 0.364. The number of fused-ring (bicyclic) bond motifs is 1. The Morgan fingerprint density at radius 1 is 1.00 bits per heavy atom. The Morgan fingerprint density at radius 3 is 2.29 bits per heavy atom. The van der Waals surface area contributed by atoms with Crippen LogP contribution in [0.15, 0.2) is 48.7 Å². The minimum atomic E-state index is -4.21. The minimum Gasteiger partial charge on any atom is -0.481 e. The summed E-state index contributed by atoms with van der Waals surface area (Å²) in [4.78, 5) is 6.87. The second kappa shape index (κ2) is 11.9. The van der Waals surface area contributed by atoms with E-state index in [1.165, 1.54) is 51.0 Å². The molecule has 2 unspecified atom stereocenters. The maximum Gasteiger partial charge on any atom is 0.416 e. The summed E-state index contributed by atoms with van der Waals surface area (Å²) in [5.74, 6) is 4.58. The van der Waals surface area contributed by atoms with E-state index in [9.17, 15) is 13.2 Å². The first-order valence-corrected chi connectivity index (χ1v) is 11.6. The fourth-order valence-corrected chi connectivity index (χ4v) is 4.39. The third-order valence-corrected chi connectivity index (χ3v) is 6.45. The number of pyridine rings is 1. The number of rotatable bonds is 7. The second-order valence-electron chi connectivity index (χ2n) is 8.92. The van der Waals surface area contributed by atoms with Crippen LogP contribution in [0.25, 0.3) is 11.4 Å². The number of alkyl halides is 3. The van der Waals surface area contributed by atoms with Gasteiger partial charge in [0.05, 0.1) is 12.7 Å². The Labute approximate surface area is 209 Å². The zero-order valence-electron chi connectivity index (χ0n) is 19.9. The zero-order chi connectivity index (χ0) is 24.1. The Bertz CT molecular complexity index is 1050. The number of halogens is 4. The lowest BCUT2D eigenvalue weighted by atomic mass is 10.2. The molecule has 1 saturated heterocycles. The number of hydrogen-bond donors (Lipinski definition) is 0. The number of methoxy groups -OCH3 is 1. The topological polar surface area (TPSA) is 56.1 Å². The number of benzene rings is 1. The van der Waals surface area contributed by atoms with E-state index in [1.54, 1.807) is 19.4 Å². The standard InChI is InChI=1S/C18H25N5O.C7H5F3.ClH/c1-22-16(5-3-4-8-23-11-14-9-15(14)12-23)20-21-18(22)13-6-7-17(24-2)19-10-13;8-7(9,10)6-4-2-1-3-5-6;/h6-7,10,14-15H,3-5,8-9,11-12H2,1-2H3;1-5H;1H. The molecule has 190 valence electrons. The molecule has 0 bridgehead atoms. The lowest BCUT2D eigenvalue weighted by Gasteiger charge is -2.16. The van der Waals surface area contributed by atoms with Gasteiger partial charge in [-0.2, -0.15) is 13.2 Å². The molecule has 1 saturated carbocycles. The van der Waals surface area contributed by atoms with Crippen LogP contribution in [-0.4, -0.2) is 51.4 Å². The number of unbranched alkanes of at least 4 members (excludes halogenated alkanes) is 1. The molecule has 35 heavy (non-hydrogen) atoms. The van der Waals surface area contributed by atoms with Crippen LogP contribution in [0.5, 0.6) is 5.88 Å². The van der Waals surface area contributed by atoms with E-state index in [0.717, 1.165) is 47.6 Å². The van der Waals surface area contributed by atoms with Gasteiger partial charge < -0.3 is 14.2 Å². The number of piperidine rings is 1. The molecular weight excluding hydrogens is 479 g/mol. The highest BCUT2D eigenvalue weighted by atomic mass is 35.5. The first-order valence-electron chi connectivity index (χ1n) is 11.6. The van der Waals surface area contributed by atoms with Gasteiger partial charge in [-0.25, -0.2) is 4.98 Å². The van der Waals surface area contributed by atoms with E-state index in [4.69, 9.17) is 4.74 Å². The summed E-state index contributed by atoms with van der Waals surface area (Å²) < 4.78 is 42.5. The van der Waals surface area contributed by atoms with Crippen LogP contribution in [0.1, 0.15) is 30.7 Å². The predicted octanol–water partition coefficient (Wildman–Crippen LogP) is 5.29. The van der Waals surface area contributed by atoms with Gasteiger partial charge in [-0.3, -0.25) is 0 Å². The number of aromatic nitrogens is 4. The van der Waals surface area contributed by atoms with Gasteiger partial charge in [0, 0.05) is 44.4 Å². The summed E-state index contributed by atoms with van der Waals surface area (Å²) in [6.45, 7) is 3.91. The molecule has 0 spiro atoms. The molecule has 1 aliphatic heterocycles. The third-order valence-electron chi connectivity index (χ3n) is 6.45. The van der Waals surface area contributed by atoms with Crippen molar-refractivity contribution in [2.24, 2.45) is 18.9 Å². The first-order chi connectivity index (χ1) is 16.3. The SMILES string of the molecule is COc1ccc(-c2nnc(CCCCN3CC4CC4C3)n2C)cn1.Cl.FC(F)(F)c1ccccc1. The molecule has 2 atom stereocenters. The number of nitrogens with zero attached hydrogens (tertiary/aromatic N) is 5. The van der Waals surface area contributed by atoms with E-state index in [2.05, 4.69) is 24.6 Å². The monoisotopic (exact) mass is 509 g/mol. The Kier molecular flexibility index (Phi) is 9.13. The highest BCUT2D eigenvalue weighted by Gasteiger charge is 2.44. The molecule has 0 N–H and O–H groups in total. The molecule has 5 rings (SSSR count). The summed E-state index contributed by atoms with van der Waals surface area (Å²) in [6, 6.07) is 10.2. The van der Waals surface area contributed by atoms with Gasteiger partial charge in [-0.1, -0.05) is 30.3 Å². The predicted molar refractivity (Wildman–Crippen MR) is 130 cm³/mol. The summed E-state index contributed by atoms with van der Waals surface area (Å²) in [5, 5.41) is 8.70. The van der Waals surface area contributed by atoms with Crippen LogP contribution < -0.4 is 4.74 Å². The van der Waals surface area contributed by atoms with E-state index in [0.29, 0.717) is 5.88 Å². The summed E-state index contributed by atoms with van der Waals surface area (Å²) >= 11 is 0. The lowest BCUT2D eigenvalue weighted by Crippen LogP contribution is -2.23. The largest absolute Gasteiger partial charge is 0.481 e. The van der Waals surface area contributed by atoms with E-state index < -0.39 is 11.7 Å². The van der Waals surface area contributed by atoms with Crippen molar-refractivity contribution in [2.75, 3.05) is 26.7 Å². The Hall–Kier alpha value is -2.65. The van der Waals surface area contributed by atoms with Gasteiger partial charge in [0.25, 0.3) is 0 Å². The van der Waals surface area contributed by atoms with Gasteiger partial charge in [0.15, 0.2) is 5.82 Å². The smallest absolute Gasteiger partial charge is 0.416 e. The van der Waals surface area contributed by atoms with Crippen molar-refractivity contribution >= 4 is 12.4 Å². The molecule has 2 aliphatic rings. The Morgan fingerprint density at radius 2 is 1.71 bits per heavy atom. The average Bonchev–Trinajstić information content (AvgIpc) is 3.28. The highest BCUT2D eigenvalue weighted by Crippen LogP contribution is 2.44. The lowest BCUT2D eigenvalue weighted by molar-refractivity contribution is -0.137. The van der Waals surface area contributed by atoms with Crippen molar-refractivity contribution in [3.63, 3.8) is 0 Å². The van der Waals surface area contributed by atoms with Gasteiger partial charge in [0.1, 0.15) is 5.82 Å². The molecule has 10 heteroatoms. The van der Waals surface area contributed by atoms with E-state index in [1.807, 2.05) is 19.2 Å². The van der Waals surface area contributed by atoms with E-state index >= 15 is 0 Å². The molecule has 6 nitrogen and oxygen atoms in total. The quantitative estimate of drug-likeness (QED) is 0.405. The van der Waals surface area contributed by atoms with Crippen LogP contribution in [-0.2, 0) is 19.6 Å². The van der Waals surface area contributed by atoms with E-state index in [-0.39, 0.29) is 12.4 Å². The molecule has 2 fully saturated rings. The zero-order valence-corrected chi connectivity index (χ0v) is 20.7. The van der Waals surface area contributed by atoms with Crippen molar-refractivity contribution in [2.45, 2.75) is 31.9 Å². The second-order valence-corrected chi connectivity index (χ2v) is 8.92. The van der Waals surface area contributed by atoms with Crippen molar-refractivity contribution in [3.05, 3.63) is 60.0 Å². The number of ether oxygens (including phenoxy) is 1. The summed E-state index contributed by atoms with van der Waals surface area (Å²) in [7, 11) is 3.65. The molecule has 0 radical (unpaired) electrons. The van der Waals surface area contributed by atoms with Crippen LogP contribution >= 0.6 is 12.4 Å². The highest BCUT2D eigenvalue weighted by molar-refractivity contribution is 5.85.